The molecule has 0 aliphatic heterocycles. The minimum atomic E-state index is 0.481. The highest BCUT2D eigenvalue weighted by molar-refractivity contribution is 5.46. The van der Waals surface area contributed by atoms with Gasteiger partial charge in [-0.3, -0.25) is 4.98 Å². The summed E-state index contributed by atoms with van der Waals surface area (Å²) in [4.78, 5) is 4.04. The molecule has 1 heterocycles. The highest BCUT2D eigenvalue weighted by Gasteiger charge is 2.08. The molecule has 0 amide bonds. The lowest BCUT2D eigenvalue weighted by molar-refractivity contribution is 0.320. The smallest absolute Gasteiger partial charge is 0.169 e. The van der Waals surface area contributed by atoms with Gasteiger partial charge in [0.1, 0.15) is 5.75 Å². The number of hydrogen-bond donors (Lipinski definition) is 1. The number of nitrogens with zero attached hydrogens (tertiary/aromatic N) is 1. The van der Waals surface area contributed by atoms with Crippen molar-refractivity contribution in [3.05, 3.63) is 47.8 Å². The molecule has 0 fully saturated rings. The zero-order chi connectivity index (χ0) is 13.7. The Hall–Kier alpha value is -2.07. The van der Waals surface area contributed by atoms with Crippen LogP contribution in [0.1, 0.15) is 18.1 Å². The van der Waals surface area contributed by atoms with Crippen molar-refractivity contribution in [3.8, 4) is 17.2 Å². The van der Waals surface area contributed by atoms with E-state index in [1.54, 1.807) is 12.4 Å². The molecule has 19 heavy (non-hydrogen) atoms. The summed E-state index contributed by atoms with van der Waals surface area (Å²) in [7, 11) is 0. The van der Waals surface area contributed by atoms with Crippen LogP contribution in [-0.2, 0) is 6.54 Å². The van der Waals surface area contributed by atoms with Crippen molar-refractivity contribution in [2.24, 2.45) is 5.73 Å². The lowest BCUT2D eigenvalue weighted by Crippen LogP contribution is -2.00. The first-order valence-electron chi connectivity index (χ1n) is 6.29. The summed E-state index contributed by atoms with van der Waals surface area (Å²) in [5.41, 5.74) is 7.63. The lowest BCUT2D eigenvalue weighted by Gasteiger charge is -2.13. The van der Waals surface area contributed by atoms with Gasteiger partial charge in [0.15, 0.2) is 11.5 Å². The number of hydrogen-bond acceptors (Lipinski definition) is 4. The Bertz CT molecular complexity index is 556. The van der Waals surface area contributed by atoms with E-state index in [0.29, 0.717) is 24.7 Å². The highest BCUT2D eigenvalue weighted by atomic mass is 16.5. The topological polar surface area (TPSA) is 57.4 Å². The molecule has 1 aromatic carbocycles. The number of pyridine rings is 1. The van der Waals surface area contributed by atoms with E-state index < -0.39 is 0 Å². The summed E-state index contributed by atoms with van der Waals surface area (Å²) in [5, 5.41) is 0. The third-order valence-corrected chi connectivity index (χ3v) is 2.73. The third-order valence-electron chi connectivity index (χ3n) is 2.73. The molecule has 2 rings (SSSR count). The number of rotatable bonds is 5. The number of aryl methyl sites for hydroxylation is 1. The maximum Gasteiger partial charge on any atom is 0.169 e. The quantitative estimate of drug-likeness (QED) is 0.895. The lowest BCUT2D eigenvalue weighted by atomic mass is 10.2. The van der Waals surface area contributed by atoms with Gasteiger partial charge in [-0.2, -0.15) is 0 Å². The average molecular weight is 258 g/mol. The molecule has 100 valence electrons. The molecule has 2 N–H and O–H groups in total. The fourth-order valence-corrected chi connectivity index (χ4v) is 1.73. The van der Waals surface area contributed by atoms with E-state index in [1.165, 1.54) is 0 Å². The molecule has 4 heteroatoms. The summed E-state index contributed by atoms with van der Waals surface area (Å²) in [6, 6.07) is 7.57. The Morgan fingerprint density at radius 1 is 1.16 bits per heavy atom. The van der Waals surface area contributed by atoms with Crippen LogP contribution in [0.5, 0.6) is 17.2 Å². The molecule has 0 bridgehead atoms. The fourth-order valence-electron chi connectivity index (χ4n) is 1.73. The van der Waals surface area contributed by atoms with Gasteiger partial charge in [-0.05, 0) is 37.6 Å². The van der Waals surface area contributed by atoms with Gasteiger partial charge in [0.05, 0.1) is 6.61 Å². The SMILES string of the molecule is CCOc1cc(CN)ccc1Oc1ccncc1C. The van der Waals surface area contributed by atoms with E-state index in [9.17, 15) is 0 Å². The second-order valence-corrected chi connectivity index (χ2v) is 4.16. The summed E-state index contributed by atoms with van der Waals surface area (Å²) >= 11 is 0. The largest absolute Gasteiger partial charge is 0.490 e. The molecule has 0 aliphatic carbocycles. The van der Waals surface area contributed by atoms with Crippen LogP contribution >= 0.6 is 0 Å². The molecule has 0 radical (unpaired) electrons. The van der Waals surface area contributed by atoms with E-state index in [4.69, 9.17) is 15.2 Å². The summed E-state index contributed by atoms with van der Waals surface area (Å²) in [5.74, 6) is 2.17. The van der Waals surface area contributed by atoms with E-state index in [2.05, 4.69) is 4.98 Å². The van der Waals surface area contributed by atoms with Gasteiger partial charge >= 0.3 is 0 Å². The van der Waals surface area contributed by atoms with Gasteiger partial charge < -0.3 is 15.2 Å². The average Bonchev–Trinajstić information content (AvgIpc) is 2.43. The molecule has 0 unspecified atom stereocenters. The van der Waals surface area contributed by atoms with Gasteiger partial charge in [-0.1, -0.05) is 6.07 Å². The van der Waals surface area contributed by atoms with Crippen LogP contribution in [0.2, 0.25) is 0 Å². The second kappa shape index (κ2) is 6.20. The monoisotopic (exact) mass is 258 g/mol. The van der Waals surface area contributed by atoms with Crippen molar-refractivity contribution in [2.75, 3.05) is 6.61 Å². The maximum absolute atomic E-state index is 5.89. The van der Waals surface area contributed by atoms with Crippen LogP contribution in [0.3, 0.4) is 0 Å². The van der Waals surface area contributed by atoms with Crippen LogP contribution in [0.25, 0.3) is 0 Å². The minimum Gasteiger partial charge on any atom is -0.490 e. The summed E-state index contributed by atoms with van der Waals surface area (Å²) in [6.45, 7) is 4.96. The number of ether oxygens (including phenoxy) is 2. The van der Waals surface area contributed by atoms with Crippen LogP contribution in [0, 0.1) is 6.92 Å². The zero-order valence-electron chi connectivity index (χ0n) is 11.2. The Balaban J connectivity index is 2.31. The van der Waals surface area contributed by atoms with Gasteiger partial charge in [-0.25, -0.2) is 0 Å². The van der Waals surface area contributed by atoms with Crippen molar-refractivity contribution < 1.29 is 9.47 Å². The Kier molecular flexibility index (Phi) is 4.36. The van der Waals surface area contributed by atoms with Gasteiger partial charge in [0, 0.05) is 24.5 Å². The van der Waals surface area contributed by atoms with Gasteiger partial charge in [-0.15, -0.1) is 0 Å². The molecular formula is C15H18N2O2. The molecule has 4 nitrogen and oxygen atoms in total. The van der Waals surface area contributed by atoms with E-state index in [1.807, 2.05) is 38.1 Å². The zero-order valence-corrected chi connectivity index (χ0v) is 11.2. The molecule has 1 aromatic heterocycles. The standard InChI is InChI=1S/C15H18N2O2/c1-3-18-15-8-12(9-16)4-5-14(15)19-13-6-7-17-10-11(13)2/h4-8,10H,3,9,16H2,1-2H3. The molecule has 0 saturated heterocycles. The van der Waals surface area contributed by atoms with E-state index >= 15 is 0 Å². The minimum absolute atomic E-state index is 0.481. The van der Waals surface area contributed by atoms with Crippen molar-refractivity contribution in [3.63, 3.8) is 0 Å². The molecular weight excluding hydrogens is 240 g/mol. The first-order chi connectivity index (χ1) is 9.24. The number of aromatic nitrogens is 1. The predicted molar refractivity (Wildman–Crippen MR) is 74.6 cm³/mol. The highest BCUT2D eigenvalue weighted by Crippen LogP contribution is 2.33. The summed E-state index contributed by atoms with van der Waals surface area (Å²) < 4.78 is 11.5. The molecule has 0 atom stereocenters. The van der Waals surface area contributed by atoms with E-state index in [0.717, 1.165) is 16.9 Å². The first-order valence-corrected chi connectivity index (χ1v) is 6.29. The predicted octanol–water partition coefficient (Wildman–Crippen LogP) is 3.04. The first kappa shape index (κ1) is 13.4. The molecule has 2 aromatic rings. The molecule has 0 spiro atoms. The number of benzene rings is 1. The van der Waals surface area contributed by atoms with Crippen molar-refractivity contribution >= 4 is 0 Å². The third kappa shape index (κ3) is 3.23. The fraction of sp³-hybridized carbons (Fsp3) is 0.267. The summed E-state index contributed by atoms with van der Waals surface area (Å²) in [6.07, 6.45) is 3.47. The van der Waals surface area contributed by atoms with Crippen molar-refractivity contribution in [1.29, 1.82) is 0 Å². The van der Waals surface area contributed by atoms with Crippen molar-refractivity contribution in [1.82, 2.24) is 4.98 Å². The van der Waals surface area contributed by atoms with Crippen LogP contribution in [0.4, 0.5) is 0 Å². The van der Waals surface area contributed by atoms with E-state index in [-0.39, 0.29) is 0 Å². The van der Waals surface area contributed by atoms with Crippen molar-refractivity contribution in [2.45, 2.75) is 20.4 Å². The van der Waals surface area contributed by atoms with Crippen LogP contribution in [0.15, 0.2) is 36.7 Å². The Labute approximate surface area is 113 Å². The van der Waals surface area contributed by atoms with Crippen LogP contribution in [-0.4, -0.2) is 11.6 Å². The molecule has 0 saturated carbocycles. The van der Waals surface area contributed by atoms with Crippen LogP contribution < -0.4 is 15.2 Å². The Morgan fingerprint density at radius 3 is 2.68 bits per heavy atom. The van der Waals surface area contributed by atoms with Gasteiger partial charge in [0.2, 0.25) is 0 Å². The molecule has 0 aliphatic rings. The maximum atomic E-state index is 5.89. The second-order valence-electron chi connectivity index (χ2n) is 4.16. The number of nitrogens with two attached hydrogens (primary N) is 1. The van der Waals surface area contributed by atoms with Gasteiger partial charge in [0.25, 0.3) is 0 Å². The Morgan fingerprint density at radius 2 is 2.00 bits per heavy atom. The normalized spacial score (nSPS) is 10.3.